The van der Waals surface area contributed by atoms with Crippen LogP contribution in [0.5, 0.6) is 0 Å². The molecule has 3 rings (SSSR count). The molecule has 0 radical (unpaired) electrons. The van der Waals surface area contributed by atoms with Gasteiger partial charge in [-0.05, 0) is 36.1 Å². The van der Waals surface area contributed by atoms with Gasteiger partial charge in [-0.25, -0.2) is 13.6 Å². The van der Waals surface area contributed by atoms with Crippen molar-refractivity contribution in [2.75, 3.05) is 12.4 Å². The molecule has 0 unspecified atom stereocenters. The molecule has 26 heavy (non-hydrogen) atoms. The Morgan fingerprint density at radius 2 is 2.04 bits per heavy atom. The Kier molecular flexibility index (Phi) is 5.03. The van der Waals surface area contributed by atoms with Crippen molar-refractivity contribution in [3.63, 3.8) is 0 Å². The average molecular weight is 378 g/mol. The predicted molar refractivity (Wildman–Crippen MR) is 95.5 cm³/mol. The summed E-state index contributed by atoms with van der Waals surface area (Å²) in [7, 11) is 1.27. The lowest BCUT2D eigenvalue weighted by Gasteiger charge is -2.20. The summed E-state index contributed by atoms with van der Waals surface area (Å²) in [6, 6.07) is 5.66. The van der Waals surface area contributed by atoms with E-state index in [1.54, 1.807) is 17.6 Å². The number of nitrogens with zero attached hydrogens (tertiary/aromatic N) is 1. The van der Waals surface area contributed by atoms with Crippen LogP contribution in [0, 0.1) is 11.6 Å². The van der Waals surface area contributed by atoms with E-state index in [1.807, 2.05) is 11.4 Å². The quantitative estimate of drug-likeness (QED) is 0.671. The Morgan fingerprint density at radius 3 is 2.69 bits per heavy atom. The summed E-state index contributed by atoms with van der Waals surface area (Å²) in [5.74, 6) is -2.66. The number of fused-ring (bicyclic) bond motifs is 1. The molecule has 0 aliphatic carbocycles. The lowest BCUT2D eigenvalue weighted by atomic mass is 10.2. The van der Waals surface area contributed by atoms with E-state index in [2.05, 4.69) is 5.32 Å². The van der Waals surface area contributed by atoms with Crippen LogP contribution in [-0.2, 0) is 9.53 Å². The van der Waals surface area contributed by atoms with E-state index in [0.29, 0.717) is 12.5 Å². The minimum Gasteiger partial charge on any atom is -0.464 e. The summed E-state index contributed by atoms with van der Waals surface area (Å²) in [5.41, 5.74) is 0.125. The topological polar surface area (TPSA) is 60.3 Å². The number of hydrogen-bond acceptors (Lipinski definition) is 4. The van der Waals surface area contributed by atoms with Crippen molar-refractivity contribution in [3.05, 3.63) is 53.0 Å². The summed E-state index contributed by atoms with van der Waals surface area (Å²) in [4.78, 5) is 25.6. The third-order valence-electron chi connectivity index (χ3n) is 4.03. The standard InChI is InChI=1S/C18H16F2N2O3S/c1-3-14(16(23)21-13-5-4-11(19)9-12(13)20)22-15(18(24)25-2)8-10-6-7-26-17(10)22/h4-9,14H,3H2,1-2H3,(H,21,23)/t14-/m1/s1. The fourth-order valence-corrected chi connectivity index (χ4v) is 3.75. The molecule has 5 nitrogen and oxygen atoms in total. The first-order valence-electron chi connectivity index (χ1n) is 7.89. The molecule has 136 valence electrons. The van der Waals surface area contributed by atoms with Gasteiger partial charge in [0, 0.05) is 11.5 Å². The largest absolute Gasteiger partial charge is 0.464 e. The van der Waals surface area contributed by atoms with Crippen LogP contribution in [0.3, 0.4) is 0 Å². The van der Waals surface area contributed by atoms with Crippen molar-refractivity contribution in [1.82, 2.24) is 4.57 Å². The van der Waals surface area contributed by atoms with E-state index in [4.69, 9.17) is 4.74 Å². The summed E-state index contributed by atoms with van der Waals surface area (Å²) < 4.78 is 33.3. The minimum atomic E-state index is -0.866. The maximum atomic E-state index is 13.9. The molecule has 1 atom stereocenters. The number of esters is 1. The van der Waals surface area contributed by atoms with Crippen LogP contribution in [0.1, 0.15) is 29.9 Å². The molecule has 8 heteroatoms. The molecule has 0 fully saturated rings. The molecule has 2 heterocycles. The number of rotatable bonds is 5. The number of aromatic nitrogens is 1. The smallest absolute Gasteiger partial charge is 0.354 e. The number of anilines is 1. The van der Waals surface area contributed by atoms with Crippen LogP contribution in [0.4, 0.5) is 14.5 Å². The zero-order valence-corrected chi connectivity index (χ0v) is 14.9. The molecular formula is C18H16F2N2O3S. The van der Waals surface area contributed by atoms with Gasteiger partial charge in [0.25, 0.3) is 0 Å². The highest BCUT2D eigenvalue weighted by Crippen LogP contribution is 2.31. The van der Waals surface area contributed by atoms with Gasteiger partial charge < -0.3 is 14.6 Å². The van der Waals surface area contributed by atoms with Crippen LogP contribution >= 0.6 is 11.3 Å². The Labute approximate surface area is 152 Å². The first-order valence-corrected chi connectivity index (χ1v) is 8.76. The Bertz CT molecular complexity index is 980. The molecule has 0 saturated carbocycles. The first-order chi connectivity index (χ1) is 12.5. The molecule has 1 N–H and O–H groups in total. The molecule has 0 aliphatic rings. The van der Waals surface area contributed by atoms with Gasteiger partial charge in [0.1, 0.15) is 28.2 Å². The molecule has 0 spiro atoms. The zero-order chi connectivity index (χ0) is 18.8. The van der Waals surface area contributed by atoms with Crippen LogP contribution in [0.25, 0.3) is 10.2 Å². The molecule has 0 bridgehead atoms. The Balaban J connectivity index is 2.00. The van der Waals surface area contributed by atoms with Crippen molar-refractivity contribution < 1.29 is 23.1 Å². The van der Waals surface area contributed by atoms with Crippen LogP contribution < -0.4 is 5.32 Å². The van der Waals surface area contributed by atoms with Crippen LogP contribution in [0.2, 0.25) is 0 Å². The van der Waals surface area contributed by atoms with Gasteiger partial charge >= 0.3 is 5.97 Å². The number of halogens is 2. The number of thiophene rings is 1. The van der Waals surface area contributed by atoms with Crippen molar-refractivity contribution in [2.45, 2.75) is 19.4 Å². The van der Waals surface area contributed by atoms with E-state index in [1.165, 1.54) is 18.4 Å². The predicted octanol–water partition coefficient (Wildman–Crippen LogP) is 4.36. The number of carbonyl (C=O) groups is 2. The third-order valence-corrected chi connectivity index (χ3v) is 4.96. The zero-order valence-electron chi connectivity index (χ0n) is 14.1. The number of ether oxygens (including phenoxy) is 1. The second kappa shape index (κ2) is 7.25. The summed E-state index contributed by atoms with van der Waals surface area (Å²) >= 11 is 1.39. The highest BCUT2D eigenvalue weighted by atomic mass is 32.1. The molecule has 1 amide bonds. The monoisotopic (exact) mass is 378 g/mol. The minimum absolute atomic E-state index is 0.121. The number of benzene rings is 1. The van der Waals surface area contributed by atoms with Gasteiger partial charge in [-0.1, -0.05) is 6.92 Å². The lowest BCUT2D eigenvalue weighted by molar-refractivity contribution is -0.119. The number of carbonyl (C=O) groups excluding carboxylic acids is 2. The Morgan fingerprint density at radius 1 is 1.27 bits per heavy atom. The van der Waals surface area contributed by atoms with E-state index in [0.717, 1.165) is 22.3 Å². The lowest BCUT2D eigenvalue weighted by Crippen LogP contribution is -2.28. The molecule has 0 saturated heterocycles. The molecular weight excluding hydrogens is 362 g/mol. The number of amides is 1. The number of hydrogen-bond donors (Lipinski definition) is 1. The highest BCUT2D eigenvalue weighted by molar-refractivity contribution is 7.16. The number of nitrogens with one attached hydrogen (secondary N) is 1. The normalized spacial score (nSPS) is 12.2. The molecule has 0 aliphatic heterocycles. The van der Waals surface area contributed by atoms with E-state index >= 15 is 0 Å². The molecule has 3 aromatic rings. The second-order valence-electron chi connectivity index (χ2n) is 5.61. The van der Waals surface area contributed by atoms with Crippen LogP contribution in [0.15, 0.2) is 35.7 Å². The van der Waals surface area contributed by atoms with Crippen molar-refractivity contribution in [3.8, 4) is 0 Å². The van der Waals surface area contributed by atoms with E-state index in [9.17, 15) is 18.4 Å². The van der Waals surface area contributed by atoms with Crippen molar-refractivity contribution in [2.24, 2.45) is 0 Å². The van der Waals surface area contributed by atoms with Gasteiger partial charge in [0.15, 0.2) is 0 Å². The van der Waals surface area contributed by atoms with Crippen LogP contribution in [-0.4, -0.2) is 23.6 Å². The van der Waals surface area contributed by atoms with Gasteiger partial charge in [-0.3, -0.25) is 4.79 Å². The fraction of sp³-hybridized carbons (Fsp3) is 0.222. The fourth-order valence-electron chi connectivity index (χ4n) is 2.81. The SMILES string of the molecule is CC[C@H](C(=O)Nc1ccc(F)cc1F)n1c(C(=O)OC)cc2ccsc21. The van der Waals surface area contributed by atoms with Gasteiger partial charge in [-0.15, -0.1) is 11.3 Å². The third kappa shape index (κ3) is 3.20. The van der Waals surface area contributed by atoms with Gasteiger partial charge in [0.05, 0.1) is 12.8 Å². The molecule has 1 aromatic carbocycles. The summed E-state index contributed by atoms with van der Waals surface area (Å²) in [6.45, 7) is 1.78. The molecule has 2 aromatic heterocycles. The van der Waals surface area contributed by atoms with Gasteiger partial charge in [0.2, 0.25) is 5.91 Å². The van der Waals surface area contributed by atoms with Crippen molar-refractivity contribution >= 4 is 39.1 Å². The first kappa shape index (κ1) is 18.1. The van der Waals surface area contributed by atoms with E-state index in [-0.39, 0.29) is 11.4 Å². The Hall–Kier alpha value is -2.74. The van der Waals surface area contributed by atoms with Crippen molar-refractivity contribution in [1.29, 1.82) is 0 Å². The average Bonchev–Trinajstić information content (AvgIpc) is 3.19. The van der Waals surface area contributed by atoms with E-state index < -0.39 is 29.6 Å². The summed E-state index contributed by atoms with van der Waals surface area (Å²) in [5, 5.41) is 5.14. The second-order valence-corrected chi connectivity index (χ2v) is 6.50. The van der Waals surface area contributed by atoms with Gasteiger partial charge in [-0.2, -0.15) is 0 Å². The summed E-state index contributed by atoms with van der Waals surface area (Å²) in [6.07, 6.45) is 0.361. The maximum absolute atomic E-state index is 13.9. The highest BCUT2D eigenvalue weighted by Gasteiger charge is 2.27. The maximum Gasteiger partial charge on any atom is 0.354 e. The number of methoxy groups -OCH3 is 1.